The van der Waals surface area contributed by atoms with Gasteiger partial charge in [0.1, 0.15) is 5.84 Å². The Bertz CT molecular complexity index is 486. The molecule has 0 radical (unpaired) electrons. The first-order valence-electron chi connectivity index (χ1n) is 14.0. The van der Waals surface area contributed by atoms with E-state index in [1.807, 2.05) is 6.92 Å². The Hall–Kier alpha value is -1.10. The van der Waals surface area contributed by atoms with Crippen molar-refractivity contribution in [3.05, 3.63) is 0 Å². The van der Waals surface area contributed by atoms with Crippen molar-refractivity contribution >= 4 is 11.7 Å². The minimum absolute atomic E-state index is 0.126. The Labute approximate surface area is 200 Å². The molecular weight excluding hydrogens is 394 g/mol. The van der Waals surface area contributed by atoms with Crippen molar-refractivity contribution in [2.75, 3.05) is 26.2 Å². The predicted octanol–water partition coefficient (Wildman–Crippen LogP) is 6.66. The molecule has 5 heteroatoms. The highest BCUT2D eigenvalue weighted by Gasteiger charge is 2.18. The van der Waals surface area contributed by atoms with E-state index in [0.29, 0.717) is 0 Å². The van der Waals surface area contributed by atoms with Crippen molar-refractivity contribution in [1.29, 1.82) is 0 Å². The van der Waals surface area contributed by atoms with Gasteiger partial charge in [-0.1, -0.05) is 97.3 Å². The lowest BCUT2D eigenvalue weighted by Gasteiger charge is -2.24. The SMILES string of the molecule is CCCCCCCCC1=NCCN1C(C)N.CCCCCCCCCCCC1=NCCN1. The van der Waals surface area contributed by atoms with Gasteiger partial charge in [0.25, 0.3) is 0 Å². The van der Waals surface area contributed by atoms with Gasteiger partial charge in [0.05, 0.1) is 25.1 Å². The molecule has 2 aliphatic rings. The summed E-state index contributed by atoms with van der Waals surface area (Å²) in [6, 6.07) is 0. The summed E-state index contributed by atoms with van der Waals surface area (Å²) < 4.78 is 0. The van der Waals surface area contributed by atoms with Crippen LogP contribution in [0.3, 0.4) is 0 Å². The topological polar surface area (TPSA) is 66.0 Å². The van der Waals surface area contributed by atoms with Crippen molar-refractivity contribution in [2.24, 2.45) is 15.7 Å². The molecule has 0 spiro atoms. The maximum Gasteiger partial charge on any atom is 0.100 e. The molecule has 188 valence electrons. The molecule has 0 aromatic heterocycles. The van der Waals surface area contributed by atoms with E-state index in [1.165, 1.54) is 114 Å². The van der Waals surface area contributed by atoms with Crippen LogP contribution < -0.4 is 11.1 Å². The molecule has 3 N–H and O–H groups in total. The summed E-state index contributed by atoms with van der Waals surface area (Å²) >= 11 is 0. The van der Waals surface area contributed by atoms with E-state index in [4.69, 9.17) is 5.73 Å². The van der Waals surface area contributed by atoms with Gasteiger partial charge in [0.15, 0.2) is 0 Å². The smallest absolute Gasteiger partial charge is 0.100 e. The fraction of sp³-hybridized carbons (Fsp3) is 0.926. The molecule has 1 unspecified atom stereocenters. The molecule has 0 saturated heterocycles. The summed E-state index contributed by atoms with van der Waals surface area (Å²) in [5, 5.41) is 3.33. The predicted molar refractivity (Wildman–Crippen MR) is 143 cm³/mol. The van der Waals surface area contributed by atoms with E-state index >= 15 is 0 Å². The number of nitrogens with one attached hydrogen (secondary N) is 1. The van der Waals surface area contributed by atoms with Crippen LogP contribution in [0.15, 0.2) is 9.98 Å². The summed E-state index contributed by atoms with van der Waals surface area (Å²) in [6.07, 6.45) is 23.2. The quantitative estimate of drug-likeness (QED) is 0.230. The van der Waals surface area contributed by atoms with E-state index < -0.39 is 0 Å². The zero-order chi connectivity index (χ0) is 23.3. The van der Waals surface area contributed by atoms with E-state index in [0.717, 1.165) is 32.6 Å². The lowest BCUT2D eigenvalue weighted by molar-refractivity contribution is 0.358. The third-order valence-electron chi connectivity index (χ3n) is 6.47. The molecule has 2 aliphatic heterocycles. The van der Waals surface area contributed by atoms with E-state index in [2.05, 4.69) is 34.0 Å². The highest BCUT2D eigenvalue weighted by molar-refractivity contribution is 5.84. The Morgan fingerprint density at radius 2 is 1.28 bits per heavy atom. The van der Waals surface area contributed by atoms with Crippen LogP contribution in [0.25, 0.3) is 0 Å². The zero-order valence-electron chi connectivity index (χ0n) is 21.8. The van der Waals surface area contributed by atoms with Gasteiger partial charge in [0.2, 0.25) is 0 Å². The average molecular weight is 450 g/mol. The second kappa shape index (κ2) is 20.5. The number of aliphatic imine (C=N–C) groups is 2. The largest absolute Gasteiger partial charge is 0.372 e. The van der Waals surface area contributed by atoms with Crippen LogP contribution in [0, 0.1) is 0 Å². The van der Waals surface area contributed by atoms with Gasteiger partial charge in [-0.2, -0.15) is 0 Å². The summed E-state index contributed by atoms with van der Waals surface area (Å²) in [6.45, 7) is 10.6. The van der Waals surface area contributed by atoms with Crippen LogP contribution in [0.5, 0.6) is 0 Å². The third-order valence-corrected chi connectivity index (χ3v) is 6.47. The summed E-state index contributed by atoms with van der Waals surface area (Å²) in [5.41, 5.74) is 5.90. The van der Waals surface area contributed by atoms with Gasteiger partial charge in [-0.25, -0.2) is 0 Å². The van der Waals surface area contributed by atoms with E-state index in [-0.39, 0.29) is 6.17 Å². The summed E-state index contributed by atoms with van der Waals surface area (Å²) in [7, 11) is 0. The number of hydrogen-bond donors (Lipinski definition) is 2. The second-order valence-electron chi connectivity index (χ2n) is 9.58. The number of amidine groups is 2. The minimum Gasteiger partial charge on any atom is -0.372 e. The highest BCUT2D eigenvalue weighted by atomic mass is 15.3. The van der Waals surface area contributed by atoms with Gasteiger partial charge in [-0.05, 0) is 19.8 Å². The third kappa shape index (κ3) is 14.9. The fourth-order valence-corrected chi connectivity index (χ4v) is 4.45. The Morgan fingerprint density at radius 1 is 0.750 bits per heavy atom. The molecule has 0 aromatic rings. The maximum atomic E-state index is 5.90. The zero-order valence-corrected chi connectivity index (χ0v) is 21.8. The van der Waals surface area contributed by atoms with Gasteiger partial charge in [-0.15, -0.1) is 0 Å². The fourth-order valence-electron chi connectivity index (χ4n) is 4.45. The van der Waals surface area contributed by atoms with Crippen LogP contribution in [-0.2, 0) is 0 Å². The molecule has 0 bridgehead atoms. The number of nitrogens with two attached hydrogens (primary N) is 1. The van der Waals surface area contributed by atoms with Crippen molar-refractivity contribution < 1.29 is 0 Å². The normalized spacial score (nSPS) is 16.3. The van der Waals surface area contributed by atoms with Crippen LogP contribution in [0.1, 0.15) is 130 Å². The molecule has 2 rings (SSSR count). The summed E-state index contributed by atoms with van der Waals surface area (Å²) in [5.74, 6) is 2.49. The first-order valence-corrected chi connectivity index (χ1v) is 14.0. The van der Waals surface area contributed by atoms with Gasteiger partial charge >= 0.3 is 0 Å². The molecule has 0 amide bonds. The number of unbranched alkanes of at least 4 members (excludes halogenated alkanes) is 13. The molecule has 0 fully saturated rings. The van der Waals surface area contributed by atoms with Crippen molar-refractivity contribution in [2.45, 2.75) is 136 Å². The Kier molecular flexibility index (Phi) is 18.5. The molecule has 1 atom stereocenters. The number of rotatable bonds is 18. The van der Waals surface area contributed by atoms with Crippen LogP contribution >= 0.6 is 0 Å². The van der Waals surface area contributed by atoms with E-state index in [9.17, 15) is 0 Å². The molecule has 2 heterocycles. The number of hydrogen-bond acceptors (Lipinski definition) is 5. The van der Waals surface area contributed by atoms with Crippen molar-refractivity contribution in [3.8, 4) is 0 Å². The molecular formula is C27H55N5. The molecule has 0 saturated carbocycles. The van der Waals surface area contributed by atoms with E-state index in [1.54, 1.807) is 0 Å². The average Bonchev–Trinajstić information content (AvgIpc) is 3.47. The van der Waals surface area contributed by atoms with Crippen LogP contribution in [0.4, 0.5) is 0 Å². The monoisotopic (exact) mass is 449 g/mol. The lowest BCUT2D eigenvalue weighted by atomic mass is 10.1. The standard InChI is InChI=1S/C14H28N2.C13H27N3/c1-2-3-4-5-6-7-8-9-10-11-14-15-12-13-16-14;1-3-4-5-6-7-8-9-13-15-10-11-16(13)12(2)14/h2-13H2,1H3,(H,15,16);12H,3-11,14H2,1-2H3. The number of nitrogens with zero attached hydrogens (tertiary/aromatic N) is 3. The van der Waals surface area contributed by atoms with Crippen molar-refractivity contribution in [3.63, 3.8) is 0 Å². The lowest BCUT2D eigenvalue weighted by Crippen LogP contribution is -2.41. The summed E-state index contributed by atoms with van der Waals surface area (Å²) in [4.78, 5) is 11.2. The molecule has 0 aliphatic carbocycles. The first kappa shape index (κ1) is 28.9. The van der Waals surface area contributed by atoms with Gasteiger partial charge in [0, 0.05) is 25.9 Å². The van der Waals surface area contributed by atoms with Crippen LogP contribution in [0.2, 0.25) is 0 Å². The van der Waals surface area contributed by atoms with Crippen LogP contribution in [-0.4, -0.2) is 48.9 Å². The first-order chi connectivity index (χ1) is 15.7. The maximum absolute atomic E-state index is 5.90. The Balaban J connectivity index is 0.000000320. The second-order valence-corrected chi connectivity index (χ2v) is 9.58. The molecule has 5 nitrogen and oxygen atoms in total. The highest BCUT2D eigenvalue weighted by Crippen LogP contribution is 2.13. The molecule has 32 heavy (non-hydrogen) atoms. The minimum atomic E-state index is 0.126. The van der Waals surface area contributed by atoms with Gasteiger partial charge < -0.3 is 16.0 Å². The van der Waals surface area contributed by atoms with Crippen molar-refractivity contribution in [1.82, 2.24) is 10.2 Å². The van der Waals surface area contributed by atoms with Gasteiger partial charge in [-0.3, -0.25) is 9.98 Å². The Morgan fingerprint density at radius 3 is 1.78 bits per heavy atom. The molecule has 0 aromatic carbocycles.